The van der Waals surface area contributed by atoms with Gasteiger partial charge in [0.1, 0.15) is 6.07 Å². The van der Waals surface area contributed by atoms with E-state index in [1.165, 1.54) is 0 Å². The Bertz CT molecular complexity index is 600. The number of benzene rings is 2. The second-order valence-electron chi connectivity index (χ2n) is 4.11. The van der Waals surface area contributed by atoms with E-state index in [1.54, 1.807) is 0 Å². The van der Waals surface area contributed by atoms with Crippen molar-refractivity contribution in [3.05, 3.63) is 64.2 Å². The van der Waals surface area contributed by atoms with Gasteiger partial charge < -0.3 is 5.32 Å². The first-order valence-corrected chi connectivity index (χ1v) is 6.06. The summed E-state index contributed by atoms with van der Waals surface area (Å²) in [7, 11) is 0. The Kier molecular flexibility index (Phi) is 3.86. The zero-order valence-corrected chi connectivity index (χ0v) is 10.8. The topological polar surface area (TPSA) is 35.8 Å². The number of rotatable bonds is 3. The van der Waals surface area contributed by atoms with Crippen LogP contribution in [-0.2, 0) is 6.54 Å². The molecule has 0 aromatic heterocycles. The van der Waals surface area contributed by atoms with E-state index in [0.717, 1.165) is 21.8 Å². The highest BCUT2D eigenvalue weighted by Gasteiger charge is 2.03. The Hall–Kier alpha value is -1.98. The van der Waals surface area contributed by atoms with Gasteiger partial charge in [0.05, 0.1) is 11.3 Å². The van der Waals surface area contributed by atoms with Crippen LogP contribution in [0.25, 0.3) is 0 Å². The number of nitrogens with one attached hydrogen (secondary N) is 1. The highest BCUT2D eigenvalue weighted by molar-refractivity contribution is 6.31. The minimum absolute atomic E-state index is 0.609. The summed E-state index contributed by atoms with van der Waals surface area (Å²) in [4.78, 5) is 0. The molecule has 0 unspecified atom stereocenters. The van der Waals surface area contributed by atoms with Crippen LogP contribution in [0, 0.1) is 18.3 Å². The number of halogens is 1. The molecule has 0 amide bonds. The van der Waals surface area contributed by atoms with Crippen LogP contribution in [0.4, 0.5) is 5.69 Å². The maximum Gasteiger partial charge on any atom is 0.101 e. The van der Waals surface area contributed by atoms with Gasteiger partial charge in [0.25, 0.3) is 0 Å². The first kappa shape index (κ1) is 12.5. The van der Waals surface area contributed by atoms with Crippen LogP contribution in [0.1, 0.15) is 16.7 Å². The number of hydrogen-bond donors (Lipinski definition) is 1. The van der Waals surface area contributed by atoms with Gasteiger partial charge in [0.15, 0.2) is 0 Å². The summed E-state index contributed by atoms with van der Waals surface area (Å²) < 4.78 is 0. The summed E-state index contributed by atoms with van der Waals surface area (Å²) in [5, 5.41) is 13.1. The van der Waals surface area contributed by atoms with Gasteiger partial charge in [-0.2, -0.15) is 5.26 Å². The molecule has 0 saturated carbocycles. The van der Waals surface area contributed by atoms with Crippen LogP contribution < -0.4 is 5.32 Å². The third kappa shape index (κ3) is 2.82. The normalized spacial score (nSPS) is 9.83. The first-order chi connectivity index (χ1) is 8.70. The molecular weight excluding hydrogens is 244 g/mol. The molecule has 0 heterocycles. The van der Waals surface area contributed by atoms with Gasteiger partial charge in [-0.25, -0.2) is 0 Å². The van der Waals surface area contributed by atoms with Crippen molar-refractivity contribution in [1.82, 2.24) is 0 Å². The van der Waals surface area contributed by atoms with Gasteiger partial charge in [-0.15, -0.1) is 0 Å². The van der Waals surface area contributed by atoms with Crippen LogP contribution in [-0.4, -0.2) is 0 Å². The highest BCUT2D eigenvalue weighted by Crippen LogP contribution is 2.20. The van der Waals surface area contributed by atoms with E-state index in [9.17, 15) is 0 Å². The van der Waals surface area contributed by atoms with Crippen molar-refractivity contribution in [2.24, 2.45) is 0 Å². The Morgan fingerprint density at radius 3 is 2.72 bits per heavy atom. The van der Waals surface area contributed by atoms with Crippen molar-refractivity contribution in [1.29, 1.82) is 5.26 Å². The van der Waals surface area contributed by atoms with Crippen molar-refractivity contribution >= 4 is 17.3 Å². The van der Waals surface area contributed by atoms with E-state index >= 15 is 0 Å². The molecule has 2 aromatic carbocycles. The van der Waals surface area contributed by atoms with Crippen LogP contribution in [0.5, 0.6) is 0 Å². The Balaban J connectivity index is 2.16. The molecule has 0 spiro atoms. The summed E-state index contributed by atoms with van der Waals surface area (Å²) in [6.07, 6.45) is 0. The van der Waals surface area contributed by atoms with Crippen LogP contribution in [0.15, 0.2) is 42.5 Å². The van der Waals surface area contributed by atoms with Crippen molar-refractivity contribution < 1.29 is 0 Å². The smallest absolute Gasteiger partial charge is 0.101 e. The van der Waals surface area contributed by atoms with Crippen LogP contribution >= 0.6 is 11.6 Å². The maximum atomic E-state index is 9.08. The SMILES string of the molecule is Cc1ccc(NCc2ccccc2Cl)c(C#N)c1. The Morgan fingerprint density at radius 1 is 1.22 bits per heavy atom. The summed E-state index contributed by atoms with van der Waals surface area (Å²) in [6.45, 7) is 2.58. The van der Waals surface area contributed by atoms with Gasteiger partial charge in [-0.05, 0) is 36.2 Å². The van der Waals surface area contributed by atoms with E-state index in [-0.39, 0.29) is 0 Å². The molecule has 90 valence electrons. The minimum Gasteiger partial charge on any atom is -0.380 e. The lowest BCUT2D eigenvalue weighted by Crippen LogP contribution is -2.02. The molecular formula is C15H13ClN2. The lowest BCUT2D eigenvalue weighted by molar-refractivity contribution is 1.14. The standard InChI is InChI=1S/C15H13ClN2/c1-11-6-7-15(13(8-11)9-17)18-10-12-4-2-3-5-14(12)16/h2-8,18H,10H2,1H3. The number of anilines is 1. The number of nitrogens with zero attached hydrogens (tertiary/aromatic N) is 1. The zero-order valence-electron chi connectivity index (χ0n) is 10.1. The average molecular weight is 257 g/mol. The predicted octanol–water partition coefficient (Wildman–Crippen LogP) is 4.13. The van der Waals surface area contributed by atoms with Crippen molar-refractivity contribution in [3.63, 3.8) is 0 Å². The summed E-state index contributed by atoms with van der Waals surface area (Å²) >= 11 is 6.08. The number of aryl methyl sites for hydroxylation is 1. The fraction of sp³-hybridized carbons (Fsp3) is 0.133. The van der Waals surface area contributed by atoms with E-state index < -0.39 is 0 Å². The number of hydrogen-bond acceptors (Lipinski definition) is 2. The molecule has 0 radical (unpaired) electrons. The Labute approximate surface area is 112 Å². The summed E-state index contributed by atoms with van der Waals surface area (Å²) in [5.41, 5.74) is 3.59. The molecule has 0 bridgehead atoms. The molecule has 2 aromatic rings. The molecule has 18 heavy (non-hydrogen) atoms. The zero-order chi connectivity index (χ0) is 13.0. The first-order valence-electron chi connectivity index (χ1n) is 5.69. The van der Waals surface area contributed by atoms with Crippen LogP contribution in [0.3, 0.4) is 0 Å². The van der Waals surface area contributed by atoms with Crippen molar-refractivity contribution in [2.75, 3.05) is 5.32 Å². The molecule has 0 saturated heterocycles. The molecule has 0 aliphatic carbocycles. The van der Waals surface area contributed by atoms with E-state index in [0.29, 0.717) is 12.1 Å². The second-order valence-corrected chi connectivity index (χ2v) is 4.51. The third-order valence-corrected chi connectivity index (χ3v) is 3.09. The molecule has 2 nitrogen and oxygen atoms in total. The molecule has 0 aliphatic rings. The highest BCUT2D eigenvalue weighted by atomic mass is 35.5. The molecule has 1 N–H and O–H groups in total. The van der Waals surface area contributed by atoms with E-state index in [4.69, 9.17) is 16.9 Å². The van der Waals surface area contributed by atoms with Crippen LogP contribution in [0.2, 0.25) is 5.02 Å². The predicted molar refractivity (Wildman–Crippen MR) is 74.7 cm³/mol. The molecule has 2 rings (SSSR count). The molecule has 3 heteroatoms. The Morgan fingerprint density at radius 2 is 2.00 bits per heavy atom. The second kappa shape index (κ2) is 5.57. The van der Waals surface area contributed by atoms with Crippen molar-refractivity contribution in [2.45, 2.75) is 13.5 Å². The largest absolute Gasteiger partial charge is 0.380 e. The van der Waals surface area contributed by atoms with Gasteiger partial charge >= 0.3 is 0 Å². The molecule has 0 fully saturated rings. The number of nitriles is 1. The van der Waals surface area contributed by atoms with Gasteiger partial charge in [0, 0.05) is 11.6 Å². The van der Waals surface area contributed by atoms with Crippen molar-refractivity contribution in [3.8, 4) is 6.07 Å². The minimum atomic E-state index is 0.609. The monoisotopic (exact) mass is 256 g/mol. The lowest BCUT2D eigenvalue weighted by atomic mass is 10.1. The van der Waals surface area contributed by atoms with E-state index in [1.807, 2.05) is 49.4 Å². The van der Waals surface area contributed by atoms with Gasteiger partial charge in [-0.3, -0.25) is 0 Å². The fourth-order valence-electron chi connectivity index (χ4n) is 1.74. The maximum absolute atomic E-state index is 9.08. The summed E-state index contributed by atoms with van der Waals surface area (Å²) in [5.74, 6) is 0. The van der Waals surface area contributed by atoms with Gasteiger partial charge in [0.2, 0.25) is 0 Å². The molecule has 0 atom stereocenters. The lowest BCUT2D eigenvalue weighted by Gasteiger charge is -2.10. The fourth-order valence-corrected chi connectivity index (χ4v) is 1.94. The third-order valence-electron chi connectivity index (χ3n) is 2.72. The van der Waals surface area contributed by atoms with E-state index in [2.05, 4.69) is 11.4 Å². The quantitative estimate of drug-likeness (QED) is 0.896. The molecule has 0 aliphatic heterocycles. The summed E-state index contributed by atoms with van der Waals surface area (Å²) in [6, 6.07) is 15.6. The van der Waals surface area contributed by atoms with Gasteiger partial charge in [-0.1, -0.05) is 35.9 Å². The average Bonchev–Trinajstić information content (AvgIpc) is 2.39.